The third-order valence-corrected chi connectivity index (χ3v) is 4.30. The third-order valence-electron chi connectivity index (χ3n) is 4.01. The summed E-state index contributed by atoms with van der Waals surface area (Å²) in [5, 5.41) is 11.9. The minimum atomic E-state index is -5.19. The number of carbonyl (C=O) groups excluding carboxylic acids is 2. The van der Waals surface area contributed by atoms with Crippen molar-refractivity contribution in [1.29, 1.82) is 0 Å². The number of nitro benzene ring substituents is 1. The highest BCUT2D eigenvalue weighted by Gasteiger charge is 2.40. The van der Waals surface area contributed by atoms with Crippen molar-refractivity contribution in [3.05, 3.63) is 69.1 Å². The molecule has 0 spiro atoms. The highest BCUT2D eigenvalue weighted by Crippen LogP contribution is 2.35. The first-order valence-electron chi connectivity index (χ1n) is 8.98. The predicted molar refractivity (Wildman–Crippen MR) is 112 cm³/mol. The Balaban J connectivity index is 2.30. The van der Waals surface area contributed by atoms with E-state index in [1.165, 1.54) is 26.2 Å². The second-order valence-electron chi connectivity index (χ2n) is 6.68. The minimum absolute atomic E-state index is 0.0568. The normalized spacial score (nSPS) is 11.6. The second kappa shape index (κ2) is 10.4. The van der Waals surface area contributed by atoms with Crippen LogP contribution in [0.15, 0.2) is 48.2 Å². The number of amides is 3. The molecule has 0 unspecified atom stereocenters. The van der Waals surface area contributed by atoms with Gasteiger partial charge in [0.15, 0.2) is 0 Å². The molecule has 3 N–H and O–H groups in total. The van der Waals surface area contributed by atoms with Gasteiger partial charge in [-0.25, -0.2) is 20.0 Å². The van der Waals surface area contributed by atoms with Crippen molar-refractivity contribution in [2.24, 2.45) is 5.84 Å². The summed E-state index contributed by atoms with van der Waals surface area (Å²) >= 11 is 5.91. The summed E-state index contributed by atoms with van der Waals surface area (Å²) in [6.45, 7) is 0. The molecule has 2 aromatic rings. The number of non-ortho nitro benzene ring substituents is 1. The molecule has 2 aromatic carbocycles. The summed E-state index contributed by atoms with van der Waals surface area (Å²) in [4.78, 5) is 34.8. The SMILES string of the molecule is CN(C)C(=O)/C=C(/N(N)C(=O)Nc1cc(Oc2ccc([N+](=O)[O-])cc2)c(Cl)cc1F)C(F)(F)F. The van der Waals surface area contributed by atoms with E-state index < -0.39 is 45.2 Å². The van der Waals surface area contributed by atoms with Gasteiger partial charge < -0.3 is 15.0 Å². The molecule has 10 nitrogen and oxygen atoms in total. The molecule has 0 atom stereocenters. The van der Waals surface area contributed by atoms with Gasteiger partial charge in [0.25, 0.3) is 5.69 Å². The van der Waals surface area contributed by atoms with Crippen LogP contribution in [0.3, 0.4) is 0 Å². The summed E-state index contributed by atoms with van der Waals surface area (Å²) in [7, 11) is 2.37. The minimum Gasteiger partial charge on any atom is -0.456 e. The maximum Gasteiger partial charge on any atom is 0.433 e. The van der Waals surface area contributed by atoms with E-state index in [9.17, 15) is 37.3 Å². The zero-order valence-electron chi connectivity index (χ0n) is 17.4. The number of hydrazine groups is 1. The van der Waals surface area contributed by atoms with Gasteiger partial charge in [0.05, 0.1) is 15.6 Å². The van der Waals surface area contributed by atoms with E-state index >= 15 is 0 Å². The largest absolute Gasteiger partial charge is 0.456 e. The van der Waals surface area contributed by atoms with Crippen molar-refractivity contribution in [3.63, 3.8) is 0 Å². The lowest BCUT2D eigenvalue weighted by atomic mass is 10.2. The number of likely N-dealkylation sites (N-methyl/N-ethyl adjacent to an activating group) is 1. The van der Waals surface area contributed by atoms with Gasteiger partial charge in [-0.1, -0.05) is 11.6 Å². The van der Waals surface area contributed by atoms with Gasteiger partial charge in [-0.15, -0.1) is 0 Å². The number of nitrogens with two attached hydrogens (primary N) is 1. The van der Waals surface area contributed by atoms with Crippen LogP contribution in [0.1, 0.15) is 0 Å². The van der Waals surface area contributed by atoms with Crippen LogP contribution in [-0.2, 0) is 4.79 Å². The fraction of sp³-hybridized carbons (Fsp3) is 0.158. The number of alkyl halides is 3. The molecule has 0 aliphatic heterocycles. The van der Waals surface area contributed by atoms with Gasteiger partial charge >= 0.3 is 12.2 Å². The zero-order valence-corrected chi connectivity index (χ0v) is 18.1. The second-order valence-corrected chi connectivity index (χ2v) is 7.08. The Bertz CT molecular complexity index is 1140. The van der Waals surface area contributed by atoms with Gasteiger partial charge in [0.2, 0.25) is 5.91 Å². The molecule has 15 heteroatoms. The predicted octanol–water partition coefficient (Wildman–Crippen LogP) is 4.42. The monoisotopic (exact) mass is 505 g/mol. The van der Waals surface area contributed by atoms with E-state index in [-0.39, 0.29) is 28.3 Å². The average molecular weight is 506 g/mol. The van der Waals surface area contributed by atoms with Crippen LogP contribution >= 0.6 is 11.6 Å². The standard InChI is InChI=1S/C19H16ClF4N5O5/c1-27(2)17(30)9-16(19(22,23)24)28(25)18(31)26-14-8-15(12(20)7-13(14)21)34-11-5-3-10(4-6-11)29(32)33/h3-9H,25H2,1-2H3,(H,26,31)/b16-9+. The number of nitro groups is 1. The molecule has 0 saturated carbocycles. The van der Waals surface area contributed by atoms with E-state index in [1.807, 2.05) is 5.32 Å². The zero-order chi connectivity index (χ0) is 25.8. The maximum absolute atomic E-state index is 14.3. The number of hydrogen-bond acceptors (Lipinski definition) is 6. The summed E-state index contributed by atoms with van der Waals surface area (Å²) in [5.74, 6) is 2.84. The number of carbonyl (C=O) groups is 2. The van der Waals surface area contributed by atoms with Crippen LogP contribution in [0.5, 0.6) is 11.5 Å². The molecule has 0 saturated heterocycles. The van der Waals surface area contributed by atoms with Gasteiger partial charge in [-0.05, 0) is 18.2 Å². The van der Waals surface area contributed by atoms with Crippen LogP contribution < -0.4 is 15.9 Å². The van der Waals surface area contributed by atoms with Gasteiger partial charge in [0.1, 0.15) is 23.0 Å². The first kappa shape index (κ1) is 26.3. The average Bonchev–Trinajstić information content (AvgIpc) is 2.74. The first-order chi connectivity index (χ1) is 15.7. The molecule has 0 aliphatic carbocycles. The van der Waals surface area contributed by atoms with Crippen LogP contribution in [0.2, 0.25) is 5.02 Å². The summed E-state index contributed by atoms with van der Waals surface area (Å²) in [6, 6.07) is 4.66. The van der Waals surface area contributed by atoms with Crippen LogP contribution in [0, 0.1) is 15.9 Å². The number of nitrogens with one attached hydrogen (secondary N) is 1. The summed E-state index contributed by atoms with van der Waals surface area (Å²) in [5.41, 5.74) is -2.68. The molecule has 0 aliphatic rings. The van der Waals surface area contributed by atoms with Crippen LogP contribution in [-0.4, -0.2) is 47.0 Å². The smallest absolute Gasteiger partial charge is 0.433 e. The van der Waals surface area contributed by atoms with Gasteiger partial charge in [-0.2, -0.15) is 13.2 Å². The van der Waals surface area contributed by atoms with E-state index in [2.05, 4.69) is 0 Å². The Morgan fingerprint density at radius 2 is 1.79 bits per heavy atom. The van der Waals surface area contributed by atoms with Crippen molar-refractivity contribution in [1.82, 2.24) is 9.91 Å². The molecule has 0 fully saturated rings. The molecule has 34 heavy (non-hydrogen) atoms. The number of benzene rings is 2. The highest BCUT2D eigenvalue weighted by atomic mass is 35.5. The fourth-order valence-electron chi connectivity index (χ4n) is 2.28. The van der Waals surface area contributed by atoms with E-state index in [0.29, 0.717) is 0 Å². The lowest BCUT2D eigenvalue weighted by molar-refractivity contribution is -0.384. The number of halogens is 5. The van der Waals surface area contributed by atoms with Crippen LogP contribution in [0.25, 0.3) is 0 Å². The molecule has 2 rings (SSSR count). The fourth-order valence-corrected chi connectivity index (χ4v) is 2.47. The Morgan fingerprint density at radius 3 is 2.29 bits per heavy atom. The molecule has 0 aromatic heterocycles. The number of nitrogens with zero attached hydrogens (tertiary/aromatic N) is 3. The lowest BCUT2D eigenvalue weighted by Gasteiger charge is -2.23. The molecule has 182 valence electrons. The van der Waals surface area contributed by atoms with Crippen molar-refractivity contribution in [3.8, 4) is 11.5 Å². The molecule has 0 bridgehead atoms. The number of hydrogen-bond donors (Lipinski definition) is 2. The Kier molecular flexibility index (Phi) is 8.02. The van der Waals surface area contributed by atoms with Crippen molar-refractivity contribution >= 4 is 34.9 Å². The molecular weight excluding hydrogens is 490 g/mol. The van der Waals surface area contributed by atoms with E-state index in [4.69, 9.17) is 22.2 Å². The Morgan fingerprint density at radius 1 is 1.21 bits per heavy atom. The number of allylic oxidation sites excluding steroid dienone is 1. The number of urea groups is 1. The third kappa shape index (κ3) is 6.55. The Hall–Kier alpha value is -3.91. The summed E-state index contributed by atoms with van der Waals surface area (Å²) in [6.07, 6.45) is -5.10. The molecular formula is C19H16ClF4N5O5. The topological polar surface area (TPSA) is 131 Å². The number of anilines is 1. The number of ether oxygens (including phenoxy) is 1. The summed E-state index contributed by atoms with van der Waals surface area (Å²) < 4.78 is 59.7. The van der Waals surface area contributed by atoms with Crippen LogP contribution in [0.4, 0.5) is 33.7 Å². The quantitative estimate of drug-likeness (QED) is 0.149. The first-order valence-corrected chi connectivity index (χ1v) is 9.35. The number of rotatable bonds is 6. The van der Waals surface area contributed by atoms with Gasteiger partial charge in [-0.3, -0.25) is 14.9 Å². The molecule has 0 heterocycles. The van der Waals surface area contributed by atoms with E-state index in [1.54, 1.807) is 0 Å². The van der Waals surface area contributed by atoms with Crippen molar-refractivity contribution in [2.45, 2.75) is 6.18 Å². The van der Waals surface area contributed by atoms with E-state index in [0.717, 1.165) is 29.2 Å². The molecule has 3 amide bonds. The van der Waals surface area contributed by atoms with Gasteiger partial charge in [0, 0.05) is 38.4 Å². The molecule has 0 radical (unpaired) electrons. The van der Waals surface area contributed by atoms with Crippen molar-refractivity contribution < 1.29 is 36.8 Å². The maximum atomic E-state index is 14.3. The Labute approximate surface area is 194 Å². The van der Waals surface area contributed by atoms with Crippen molar-refractivity contribution in [2.75, 3.05) is 19.4 Å². The lowest BCUT2D eigenvalue weighted by Crippen LogP contribution is -2.45. The highest BCUT2D eigenvalue weighted by molar-refractivity contribution is 6.32.